The highest BCUT2D eigenvalue weighted by molar-refractivity contribution is 6.00. The van der Waals surface area contributed by atoms with E-state index in [4.69, 9.17) is 4.74 Å². The summed E-state index contributed by atoms with van der Waals surface area (Å²) in [4.78, 5) is 35.9. The Labute approximate surface area is 171 Å². The number of ether oxygens (including phenoxy) is 1. The lowest BCUT2D eigenvalue weighted by Crippen LogP contribution is -2.15. The number of nitrogens with one attached hydrogen (secondary N) is 2. The van der Waals surface area contributed by atoms with Crippen molar-refractivity contribution in [2.24, 2.45) is 5.92 Å². The van der Waals surface area contributed by atoms with Gasteiger partial charge in [-0.05, 0) is 36.1 Å². The number of anilines is 2. The zero-order valence-electron chi connectivity index (χ0n) is 17.4. The second kappa shape index (κ2) is 10.4. The van der Waals surface area contributed by atoms with Gasteiger partial charge in [-0.3, -0.25) is 14.4 Å². The third-order valence-electron chi connectivity index (χ3n) is 4.29. The molecule has 0 aliphatic rings. The van der Waals surface area contributed by atoms with Gasteiger partial charge in [0.2, 0.25) is 11.8 Å². The predicted octanol–water partition coefficient (Wildman–Crippen LogP) is 4.45. The summed E-state index contributed by atoms with van der Waals surface area (Å²) in [5, 5.41) is 5.40. The summed E-state index contributed by atoms with van der Waals surface area (Å²) in [6.45, 7) is 5.71. The minimum atomic E-state index is -0.298. The number of Topliss-reactive ketones (excluding diaryl/α,β-unsaturated/α-hetero) is 1. The van der Waals surface area contributed by atoms with E-state index in [1.54, 1.807) is 18.2 Å². The highest BCUT2D eigenvalue weighted by atomic mass is 16.5. The summed E-state index contributed by atoms with van der Waals surface area (Å²) >= 11 is 0. The van der Waals surface area contributed by atoms with Crippen LogP contribution in [-0.2, 0) is 16.0 Å². The normalized spacial score (nSPS) is 10.5. The van der Waals surface area contributed by atoms with Crippen molar-refractivity contribution in [3.63, 3.8) is 0 Å². The van der Waals surface area contributed by atoms with Crippen molar-refractivity contribution >= 4 is 29.0 Å². The molecule has 0 radical (unpaired) electrons. The second-order valence-corrected chi connectivity index (χ2v) is 7.36. The van der Waals surface area contributed by atoms with Crippen LogP contribution in [0.15, 0.2) is 42.5 Å². The molecule has 2 N–H and O–H groups in total. The van der Waals surface area contributed by atoms with E-state index in [-0.39, 0.29) is 30.4 Å². The minimum absolute atomic E-state index is 0.0557. The number of methoxy groups -OCH3 is 1. The fraction of sp³-hybridized carbons (Fsp3) is 0.348. The second-order valence-electron chi connectivity index (χ2n) is 7.36. The van der Waals surface area contributed by atoms with Gasteiger partial charge in [-0.2, -0.15) is 0 Å². The molecule has 0 aliphatic heterocycles. The summed E-state index contributed by atoms with van der Waals surface area (Å²) in [5.74, 6) is 0.446. The number of hydrogen-bond donors (Lipinski definition) is 2. The van der Waals surface area contributed by atoms with Crippen molar-refractivity contribution in [2.45, 2.75) is 40.0 Å². The molecule has 2 aromatic carbocycles. The first kappa shape index (κ1) is 22.1. The monoisotopic (exact) mass is 396 g/mol. The molecule has 6 nitrogen and oxygen atoms in total. The Morgan fingerprint density at radius 1 is 0.966 bits per heavy atom. The summed E-state index contributed by atoms with van der Waals surface area (Å²) in [6.07, 6.45) is 1.14. The Balaban J connectivity index is 1.95. The summed E-state index contributed by atoms with van der Waals surface area (Å²) in [6, 6.07) is 12.5. The van der Waals surface area contributed by atoms with E-state index in [2.05, 4.69) is 24.5 Å². The Kier molecular flexibility index (Phi) is 7.95. The first-order chi connectivity index (χ1) is 13.8. The number of carbonyl (C=O) groups is 3. The number of amides is 2. The SMILES string of the molecule is COc1ccc(NC(C)=O)cc1NC(=O)CCC(=O)c1ccc(CC(C)C)cc1. The maximum Gasteiger partial charge on any atom is 0.224 e. The van der Waals surface area contributed by atoms with Crippen LogP contribution in [0.1, 0.15) is 49.5 Å². The molecule has 29 heavy (non-hydrogen) atoms. The van der Waals surface area contributed by atoms with Gasteiger partial charge in [0.05, 0.1) is 12.8 Å². The van der Waals surface area contributed by atoms with Crippen LogP contribution >= 0.6 is 0 Å². The molecule has 6 heteroatoms. The topological polar surface area (TPSA) is 84.5 Å². The highest BCUT2D eigenvalue weighted by Crippen LogP contribution is 2.28. The number of carbonyl (C=O) groups excluding carboxylic acids is 3. The zero-order chi connectivity index (χ0) is 21.4. The van der Waals surface area contributed by atoms with E-state index in [1.807, 2.05) is 24.3 Å². The standard InChI is InChI=1S/C23H28N2O4/c1-15(2)13-17-5-7-18(8-6-17)21(27)10-12-23(28)25-20-14-19(24-16(3)26)9-11-22(20)29-4/h5-9,11,14-15H,10,12-13H2,1-4H3,(H,24,26)(H,25,28). The molecule has 0 heterocycles. The largest absolute Gasteiger partial charge is 0.495 e. The predicted molar refractivity (Wildman–Crippen MR) is 114 cm³/mol. The molecule has 2 rings (SSSR count). The van der Waals surface area contributed by atoms with Gasteiger partial charge >= 0.3 is 0 Å². The van der Waals surface area contributed by atoms with Crippen LogP contribution in [0.4, 0.5) is 11.4 Å². The van der Waals surface area contributed by atoms with Gasteiger partial charge in [-0.1, -0.05) is 38.1 Å². The molecule has 0 saturated carbocycles. The molecule has 0 aromatic heterocycles. The summed E-state index contributed by atoms with van der Waals surface area (Å²) in [5.41, 5.74) is 2.79. The van der Waals surface area contributed by atoms with Gasteiger partial charge in [0, 0.05) is 31.0 Å². The van der Waals surface area contributed by atoms with Crippen LogP contribution in [0.25, 0.3) is 0 Å². The van der Waals surface area contributed by atoms with Gasteiger partial charge < -0.3 is 15.4 Å². The van der Waals surface area contributed by atoms with Crippen LogP contribution in [0.2, 0.25) is 0 Å². The molecule has 0 fully saturated rings. The first-order valence-corrected chi connectivity index (χ1v) is 9.66. The molecule has 0 spiro atoms. The van der Waals surface area contributed by atoms with Gasteiger partial charge in [0.25, 0.3) is 0 Å². The van der Waals surface area contributed by atoms with Crippen molar-refractivity contribution in [3.05, 3.63) is 53.6 Å². The lowest BCUT2D eigenvalue weighted by Gasteiger charge is -2.12. The third-order valence-corrected chi connectivity index (χ3v) is 4.29. The Morgan fingerprint density at radius 2 is 1.66 bits per heavy atom. The van der Waals surface area contributed by atoms with E-state index in [0.717, 1.165) is 6.42 Å². The lowest BCUT2D eigenvalue weighted by atomic mass is 9.99. The van der Waals surface area contributed by atoms with Crippen LogP contribution < -0.4 is 15.4 Å². The average molecular weight is 396 g/mol. The third kappa shape index (κ3) is 7.07. The van der Waals surface area contributed by atoms with E-state index in [9.17, 15) is 14.4 Å². The van der Waals surface area contributed by atoms with Gasteiger partial charge in [0.1, 0.15) is 5.75 Å². The highest BCUT2D eigenvalue weighted by Gasteiger charge is 2.13. The van der Waals surface area contributed by atoms with E-state index in [0.29, 0.717) is 28.6 Å². The molecule has 2 amide bonds. The maximum absolute atomic E-state index is 12.4. The Morgan fingerprint density at radius 3 is 2.24 bits per heavy atom. The number of hydrogen-bond acceptors (Lipinski definition) is 4. The van der Waals surface area contributed by atoms with E-state index >= 15 is 0 Å². The fourth-order valence-electron chi connectivity index (χ4n) is 2.97. The number of rotatable bonds is 9. The summed E-state index contributed by atoms with van der Waals surface area (Å²) < 4.78 is 5.25. The first-order valence-electron chi connectivity index (χ1n) is 9.66. The van der Waals surface area contributed by atoms with Crippen molar-refractivity contribution in [1.82, 2.24) is 0 Å². The van der Waals surface area contributed by atoms with Gasteiger partial charge in [-0.15, -0.1) is 0 Å². The molecule has 0 atom stereocenters. The molecular formula is C23H28N2O4. The molecule has 154 valence electrons. The van der Waals surface area contributed by atoms with Gasteiger partial charge in [-0.25, -0.2) is 0 Å². The quantitative estimate of drug-likeness (QED) is 0.613. The number of benzene rings is 2. The average Bonchev–Trinajstić information content (AvgIpc) is 2.66. The molecular weight excluding hydrogens is 368 g/mol. The molecule has 0 saturated heterocycles. The Hall–Kier alpha value is -3.15. The van der Waals surface area contributed by atoms with Crippen molar-refractivity contribution in [1.29, 1.82) is 0 Å². The van der Waals surface area contributed by atoms with Crippen LogP contribution in [0, 0.1) is 5.92 Å². The fourth-order valence-corrected chi connectivity index (χ4v) is 2.97. The van der Waals surface area contributed by atoms with E-state index < -0.39 is 0 Å². The van der Waals surface area contributed by atoms with Crippen molar-refractivity contribution in [2.75, 3.05) is 17.7 Å². The van der Waals surface area contributed by atoms with Crippen LogP contribution in [0.3, 0.4) is 0 Å². The minimum Gasteiger partial charge on any atom is -0.495 e. The van der Waals surface area contributed by atoms with Crippen molar-refractivity contribution < 1.29 is 19.1 Å². The zero-order valence-corrected chi connectivity index (χ0v) is 17.4. The van der Waals surface area contributed by atoms with Crippen molar-refractivity contribution in [3.8, 4) is 5.75 Å². The van der Waals surface area contributed by atoms with Crippen LogP contribution in [0.5, 0.6) is 5.75 Å². The summed E-state index contributed by atoms with van der Waals surface area (Å²) in [7, 11) is 1.50. The van der Waals surface area contributed by atoms with E-state index in [1.165, 1.54) is 19.6 Å². The maximum atomic E-state index is 12.4. The Bertz CT molecular complexity index is 873. The smallest absolute Gasteiger partial charge is 0.224 e. The lowest BCUT2D eigenvalue weighted by molar-refractivity contribution is -0.116. The number of ketones is 1. The molecule has 2 aromatic rings. The molecule has 0 unspecified atom stereocenters. The van der Waals surface area contributed by atoms with Crippen LogP contribution in [-0.4, -0.2) is 24.7 Å². The molecule has 0 bridgehead atoms. The molecule has 0 aliphatic carbocycles. The van der Waals surface area contributed by atoms with Gasteiger partial charge in [0.15, 0.2) is 5.78 Å².